The highest BCUT2D eigenvalue weighted by Gasteiger charge is 2.26. The standard InChI is InChI=1S/C22H23NO2S/c1-14-20(12-16-6-9-18(26-5)10-7-16)19-11-8-17(23(3)4)13-21(19)22(14)25-15(2)24/h6-13H,1-5H3. The fourth-order valence-corrected chi connectivity index (χ4v) is 3.50. The maximum absolute atomic E-state index is 11.6. The molecule has 0 N–H and O–H groups in total. The number of allylic oxidation sites excluding steroid dienone is 2. The van der Waals surface area contributed by atoms with Gasteiger partial charge in [-0.1, -0.05) is 18.2 Å². The lowest BCUT2D eigenvalue weighted by Gasteiger charge is -2.15. The number of hydrogen-bond donors (Lipinski definition) is 0. The summed E-state index contributed by atoms with van der Waals surface area (Å²) >= 11 is 1.73. The Morgan fingerprint density at radius 2 is 1.77 bits per heavy atom. The van der Waals surface area contributed by atoms with Crippen molar-refractivity contribution in [3.63, 3.8) is 0 Å². The van der Waals surface area contributed by atoms with Crippen LogP contribution in [0, 0.1) is 0 Å². The van der Waals surface area contributed by atoms with Crippen molar-refractivity contribution < 1.29 is 9.53 Å². The van der Waals surface area contributed by atoms with E-state index in [2.05, 4.69) is 54.8 Å². The summed E-state index contributed by atoms with van der Waals surface area (Å²) in [6, 6.07) is 14.7. The third-order valence-electron chi connectivity index (χ3n) is 4.47. The lowest BCUT2D eigenvalue weighted by molar-refractivity contribution is -0.134. The number of rotatable bonds is 4. The average Bonchev–Trinajstić information content (AvgIpc) is 2.87. The van der Waals surface area contributed by atoms with E-state index in [0.717, 1.165) is 33.5 Å². The molecule has 3 nitrogen and oxygen atoms in total. The van der Waals surface area contributed by atoms with Gasteiger partial charge in [0.25, 0.3) is 0 Å². The van der Waals surface area contributed by atoms with Crippen molar-refractivity contribution in [3.8, 4) is 0 Å². The van der Waals surface area contributed by atoms with E-state index in [9.17, 15) is 4.79 Å². The van der Waals surface area contributed by atoms with Crippen LogP contribution in [-0.4, -0.2) is 26.3 Å². The van der Waals surface area contributed by atoms with Crippen molar-refractivity contribution in [1.82, 2.24) is 0 Å². The van der Waals surface area contributed by atoms with Crippen LogP contribution in [0.1, 0.15) is 30.5 Å². The van der Waals surface area contributed by atoms with E-state index in [1.54, 1.807) is 11.8 Å². The van der Waals surface area contributed by atoms with Gasteiger partial charge in [-0.15, -0.1) is 11.8 Å². The number of thioether (sulfide) groups is 1. The van der Waals surface area contributed by atoms with Crippen molar-refractivity contribution in [2.75, 3.05) is 25.3 Å². The molecule has 0 aromatic heterocycles. The number of nitrogens with zero attached hydrogens (tertiary/aromatic N) is 1. The second kappa shape index (κ2) is 7.42. The molecule has 0 saturated carbocycles. The Morgan fingerprint density at radius 3 is 2.35 bits per heavy atom. The van der Waals surface area contributed by atoms with E-state index in [1.807, 2.05) is 25.9 Å². The normalized spacial score (nSPS) is 14.6. The summed E-state index contributed by atoms with van der Waals surface area (Å²) in [5.74, 6) is 0.356. The van der Waals surface area contributed by atoms with Crippen LogP contribution in [0.15, 0.2) is 52.9 Å². The van der Waals surface area contributed by atoms with Gasteiger partial charge in [-0.3, -0.25) is 4.79 Å². The number of hydrogen-bond acceptors (Lipinski definition) is 4. The fraction of sp³-hybridized carbons (Fsp3) is 0.227. The number of esters is 1. The molecule has 0 atom stereocenters. The van der Waals surface area contributed by atoms with Crippen molar-refractivity contribution in [3.05, 3.63) is 64.7 Å². The Morgan fingerprint density at radius 1 is 1.08 bits per heavy atom. The minimum atomic E-state index is -0.300. The van der Waals surface area contributed by atoms with Crippen LogP contribution in [0.25, 0.3) is 17.4 Å². The molecular formula is C22H23NO2S. The van der Waals surface area contributed by atoms with E-state index in [1.165, 1.54) is 11.8 Å². The summed E-state index contributed by atoms with van der Waals surface area (Å²) in [5, 5.41) is 0. The summed E-state index contributed by atoms with van der Waals surface area (Å²) in [6.45, 7) is 3.45. The molecule has 0 fully saturated rings. The Labute approximate surface area is 159 Å². The highest BCUT2D eigenvalue weighted by molar-refractivity contribution is 7.98. The molecule has 0 heterocycles. The van der Waals surface area contributed by atoms with Crippen LogP contribution in [0.3, 0.4) is 0 Å². The highest BCUT2D eigenvalue weighted by atomic mass is 32.2. The molecule has 2 aromatic rings. The quantitative estimate of drug-likeness (QED) is 0.541. The predicted octanol–water partition coefficient (Wildman–Crippen LogP) is 5.32. The van der Waals surface area contributed by atoms with Gasteiger partial charge in [0, 0.05) is 42.7 Å². The molecule has 134 valence electrons. The van der Waals surface area contributed by atoms with Gasteiger partial charge in [0.2, 0.25) is 0 Å². The zero-order valence-corrected chi connectivity index (χ0v) is 16.6. The molecule has 0 unspecified atom stereocenters. The topological polar surface area (TPSA) is 29.5 Å². The number of benzene rings is 2. The van der Waals surface area contributed by atoms with E-state index < -0.39 is 0 Å². The molecule has 0 bridgehead atoms. The zero-order chi connectivity index (χ0) is 18.8. The molecule has 0 amide bonds. The molecule has 0 aliphatic heterocycles. The van der Waals surface area contributed by atoms with Gasteiger partial charge in [0.15, 0.2) is 0 Å². The number of fused-ring (bicyclic) bond motifs is 1. The Bertz CT molecular complexity index is 908. The van der Waals surface area contributed by atoms with Gasteiger partial charge in [0.1, 0.15) is 5.76 Å². The van der Waals surface area contributed by atoms with Crippen molar-refractivity contribution in [2.24, 2.45) is 0 Å². The number of carbonyl (C=O) groups excluding carboxylic acids is 1. The van der Waals surface area contributed by atoms with Crippen LogP contribution < -0.4 is 4.90 Å². The van der Waals surface area contributed by atoms with Gasteiger partial charge in [-0.25, -0.2) is 0 Å². The monoisotopic (exact) mass is 365 g/mol. The Balaban J connectivity index is 2.12. The highest BCUT2D eigenvalue weighted by Crippen LogP contribution is 2.44. The maximum atomic E-state index is 11.6. The lowest BCUT2D eigenvalue weighted by atomic mass is 10.00. The first-order valence-electron chi connectivity index (χ1n) is 8.48. The van der Waals surface area contributed by atoms with Gasteiger partial charge in [0.05, 0.1) is 0 Å². The van der Waals surface area contributed by atoms with Gasteiger partial charge in [-0.05, 0) is 60.2 Å². The van der Waals surface area contributed by atoms with Crippen LogP contribution in [0.5, 0.6) is 0 Å². The summed E-state index contributed by atoms with van der Waals surface area (Å²) in [6.07, 6.45) is 4.23. The third-order valence-corrected chi connectivity index (χ3v) is 5.22. The summed E-state index contributed by atoms with van der Waals surface area (Å²) < 4.78 is 5.57. The van der Waals surface area contributed by atoms with Gasteiger partial charge >= 0.3 is 5.97 Å². The molecule has 0 radical (unpaired) electrons. The first-order chi connectivity index (χ1) is 12.4. The molecule has 4 heteroatoms. The van der Waals surface area contributed by atoms with Crippen LogP contribution >= 0.6 is 11.8 Å². The van der Waals surface area contributed by atoms with Crippen LogP contribution in [-0.2, 0) is 9.53 Å². The van der Waals surface area contributed by atoms with Crippen LogP contribution in [0.2, 0.25) is 0 Å². The number of carbonyl (C=O) groups is 1. The SMILES string of the molecule is CSc1ccc(C=C2C(C)=C(OC(C)=O)c3cc(N(C)C)ccc32)cc1. The maximum Gasteiger partial charge on any atom is 0.308 e. The molecule has 3 rings (SSSR count). The fourth-order valence-electron chi connectivity index (χ4n) is 3.09. The average molecular weight is 365 g/mol. The van der Waals surface area contributed by atoms with E-state index in [4.69, 9.17) is 4.74 Å². The molecule has 1 aliphatic rings. The first-order valence-corrected chi connectivity index (χ1v) is 9.70. The molecule has 0 spiro atoms. The van der Waals surface area contributed by atoms with Crippen molar-refractivity contribution >= 4 is 40.8 Å². The van der Waals surface area contributed by atoms with Gasteiger partial charge in [-0.2, -0.15) is 0 Å². The predicted molar refractivity (Wildman–Crippen MR) is 111 cm³/mol. The van der Waals surface area contributed by atoms with Gasteiger partial charge < -0.3 is 9.64 Å². The number of anilines is 1. The van der Waals surface area contributed by atoms with E-state index in [-0.39, 0.29) is 5.97 Å². The summed E-state index contributed by atoms with van der Waals surface area (Å²) in [4.78, 5) is 14.9. The minimum Gasteiger partial charge on any atom is -0.426 e. The summed E-state index contributed by atoms with van der Waals surface area (Å²) in [7, 11) is 4.01. The molecule has 2 aromatic carbocycles. The Kier molecular flexibility index (Phi) is 5.23. The van der Waals surface area contributed by atoms with Crippen molar-refractivity contribution in [1.29, 1.82) is 0 Å². The van der Waals surface area contributed by atoms with E-state index >= 15 is 0 Å². The van der Waals surface area contributed by atoms with Crippen molar-refractivity contribution in [2.45, 2.75) is 18.7 Å². The first kappa shape index (κ1) is 18.3. The molecular weight excluding hydrogens is 342 g/mol. The smallest absolute Gasteiger partial charge is 0.308 e. The molecule has 0 saturated heterocycles. The zero-order valence-electron chi connectivity index (χ0n) is 15.8. The molecule has 1 aliphatic carbocycles. The minimum absolute atomic E-state index is 0.300. The third kappa shape index (κ3) is 3.56. The number of ether oxygens (including phenoxy) is 1. The Hall–Kier alpha value is -2.46. The van der Waals surface area contributed by atoms with Crippen LogP contribution in [0.4, 0.5) is 5.69 Å². The largest absolute Gasteiger partial charge is 0.426 e. The second-order valence-corrected chi connectivity index (χ2v) is 7.38. The molecule has 26 heavy (non-hydrogen) atoms. The lowest BCUT2D eigenvalue weighted by Crippen LogP contribution is -2.09. The van der Waals surface area contributed by atoms with E-state index in [0.29, 0.717) is 5.76 Å². The summed E-state index contributed by atoms with van der Waals surface area (Å²) in [5.41, 5.74) is 6.35. The second-order valence-electron chi connectivity index (χ2n) is 6.50.